The Morgan fingerprint density at radius 1 is 1.21 bits per heavy atom. The van der Waals surface area contributed by atoms with Gasteiger partial charge in [-0.3, -0.25) is 0 Å². The molecule has 1 nitrogen and oxygen atoms in total. The van der Waals surface area contributed by atoms with E-state index in [1.807, 2.05) is 0 Å². The van der Waals surface area contributed by atoms with Crippen molar-refractivity contribution < 1.29 is 17.9 Å². The monoisotopic (exact) mass is 244 g/mol. The zero-order chi connectivity index (χ0) is 10.8. The molecule has 6 heteroatoms. The second-order valence-corrected chi connectivity index (χ2v) is 3.42. The van der Waals surface area contributed by atoms with Crippen LogP contribution in [0.3, 0.4) is 0 Å². The molecule has 0 unspecified atom stereocenters. The Morgan fingerprint density at radius 2 is 1.86 bits per heavy atom. The van der Waals surface area contributed by atoms with Gasteiger partial charge in [-0.1, -0.05) is 29.3 Å². The van der Waals surface area contributed by atoms with Gasteiger partial charge in [0, 0.05) is 0 Å². The molecule has 0 N–H and O–H groups in total. The van der Waals surface area contributed by atoms with E-state index in [2.05, 4.69) is 4.74 Å². The van der Waals surface area contributed by atoms with Crippen molar-refractivity contribution in [2.45, 2.75) is 11.2 Å². The highest BCUT2D eigenvalue weighted by molar-refractivity contribution is 6.43. The van der Waals surface area contributed by atoms with Gasteiger partial charge in [-0.2, -0.15) is 13.2 Å². The van der Waals surface area contributed by atoms with E-state index in [4.69, 9.17) is 23.2 Å². The molecule has 0 atom stereocenters. The molecule has 0 bridgehead atoms. The minimum Gasteiger partial charge on any atom is -0.461 e. The molecule has 0 aliphatic carbocycles. The summed E-state index contributed by atoms with van der Waals surface area (Å²) in [5.41, 5.74) is -0.802. The Morgan fingerprint density at radius 3 is 2.36 bits per heavy atom. The maximum absolute atomic E-state index is 12.2. The summed E-state index contributed by atoms with van der Waals surface area (Å²) < 4.78 is 41.2. The number of hydrogen-bond donors (Lipinski definition) is 0. The van der Waals surface area contributed by atoms with Crippen molar-refractivity contribution in [3.63, 3.8) is 0 Å². The summed E-state index contributed by atoms with van der Waals surface area (Å²) in [6, 6.07) is 4.32. The van der Waals surface area contributed by atoms with Crippen LogP contribution in [0.5, 0.6) is 5.75 Å². The Kier molecular flexibility index (Phi) is 3.50. The lowest BCUT2D eigenvalue weighted by Crippen LogP contribution is -2.06. The third kappa shape index (κ3) is 3.27. The van der Waals surface area contributed by atoms with Crippen LogP contribution in [0, 0.1) is 0 Å². The van der Waals surface area contributed by atoms with Gasteiger partial charge in [0.1, 0.15) is 5.75 Å². The second-order valence-electron chi connectivity index (χ2n) is 2.40. The molecule has 0 spiro atoms. The number of benzene rings is 1. The third-order valence-corrected chi connectivity index (χ3v) is 1.56. The molecular formula is C8H5Cl2F3O. The molecule has 14 heavy (non-hydrogen) atoms. The predicted molar refractivity (Wildman–Crippen MR) is 47.6 cm³/mol. The van der Waals surface area contributed by atoms with Crippen LogP contribution in [0.15, 0.2) is 24.3 Å². The van der Waals surface area contributed by atoms with Gasteiger partial charge in [0.25, 0.3) is 0 Å². The van der Waals surface area contributed by atoms with E-state index in [-0.39, 0.29) is 5.75 Å². The van der Waals surface area contributed by atoms with Gasteiger partial charge in [0.15, 0.2) is 0 Å². The fourth-order valence-electron chi connectivity index (χ4n) is 0.849. The minimum atomic E-state index is -4.40. The largest absolute Gasteiger partial charge is 0.461 e. The molecule has 0 radical (unpaired) electrons. The van der Waals surface area contributed by atoms with E-state index >= 15 is 0 Å². The highest BCUT2D eigenvalue weighted by atomic mass is 35.5. The SMILES string of the molecule is FC(F)(F)c1cccc(OC(Cl)Cl)c1. The average molecular weight is 245 g/mol. The van der Waals surface area contributed by atoms with Crippen molar-refractivity contribution in [1.82, 2.24) is 0 Å². The van der Waals surface area contributed by atoms with Crippen LogP contribution < -0.4 is 4.74 Å². The maximum atomic E-state index is 12.2. The van der Waals surface area contributed by atoms with Crippen molar-refractivity contribution >= 4 is 23.2 Å². The molecule has 0 saturated heterocycles. The zero-order valence-electron chi connectivity index (χ0n) is 6.68. The Balaban J connectivity index is 2.90. The highest BCUT2D eigenvalue weighted by Crippen LogP contribution is 2.31. The number of hydrogen-bond acceptors (Lipinski definition) is 1. The summed E-state index contributed by atoms with van der Waals surface area (Å²) in [5.74, 6) is -0.0187. The molecule has 0 saturated carbocycles. The predicted octanol–water partition coefficient (Wildman–Crippen LogP) is 3.85. The van der Waals surface area contributed by atoms with Gasteiger partial charge < -0.3 is 4.74 Å². The first kappa shape index (κ1) is 11.5. The van der Waals surface area contributed by atoms with E-state index in [0.29, 0.717) is 0 Å². The fourth-order valence-corrected chi connectivity index (χ4v) is 1.05. The van der Waals surface area contributed by atoms with Crippen LogP contribution in [-0.2, 0) is 6.18 Å². The summed E-state index contributed by atoms with van der Waals surface area (Å²) in [6.45, 7) is 0. The van der Waals surface area contributed by atoms with Crippen LogP contribution in [0.25, 0.3) is 0 Å². The molecule has 1 aromatic rings. The number of rotatable bonds is 2. The summed E-state index contributed by atoms with van der Waals surface area (Å²) >= 11 is 10.5. The Bertz CT molecular complexity index is 312. The van der Waals surface area contributed by atoms with E-state index in [1.165, 1.54) is 12.1 Å². The van der Waals surface area contributed by atoms with Crippen LogP contribution in [-0.4, -0.2) is 5.02 Å². The van der Waals surface area contributed by atoms with Crippen LogP contribution in [0.2, 0.25) is 0 Å². The summed E-state index contributed by atoms with van der Waals surface area (Å²) in [4.78, 5) is 0. The standard InChI is InChI=1S/C8H5Cl2F3O/c9-7(10)14-6-3-1-2-5(4-6)8(11,12)13/h1-4,7H. The molecule has 1 aromatic carbocycles. The van der Waals surface area contributed by atoms with Crippen molar-refractivity contribution in [1.29, 1.82) is 0 Å². The van der Waals surface area contributed by atoms with Crippen LogP contribution >= 0.6 is 23.2 Å². The van der Waals surface area contributed by atoms with Gasteiger partial charge >= 0.3 is 6.18 Å². The van der Waals surface area contributed by atoms with Gasteiger partial charge in [-0.25, -0.2) is 0 Å². The lowest BCUT2D eigenvalue weighted by atomic mass is 10.2. The molecular weight excluding hydrogens is 240 g/mol. The van der Waals surface area contributed by atoms with E-state index in [0.717, 1.165) is 12.1 Å². The molecule has 0 fully saturated rings. The van der Waals surface area contributed by atoms with Gasteiger partial charge in [0.05, 0.1) is 5.56 Å². The zero-order valence-corrected chi connectivity index (χ0v) is 8.20. The second kappa shape index (κ2) is 4.28. The van der Waals surface area contributed by atoms with Gasteiger partial charge in [-0.15, -0.1) is 0 Å². The first-order valence-corrected chi connectivity index (χ1v) is 4.39. The molecule has 0 heterocycles. The normalized spacial score (nSPS) is 11.9. The first-order chi connectivity index (χ1) is 6.39. The van der Waals surface area contributed by atoms with Crippen LogP contribution in [0.1, 0.15) is 5.56 Å². The maximum Gasteiger partial charge on any atom is 0.416 e. The van der Waals surface area contributed by atoms with Crippen molar-refractivity contribution in [2.24, 2.45) is 0 Å². The van der Waals surface area contributed by atoms with E-state index in [9.17, 15) is 13.2 Å². The van der Waals surface area contributed by atoms with Gasteiger partial charge in [0.2, 0.25) is 5.02 Å². The quantitative estimate of drug-likeness (QED) is 0.719. The van der Waals surface area contributed by atoms with Crippen molar-refractivity contribution in [2.75, 3.05) is 0 Å². The average Bonchev–Trinajstić information content (AvgIpc) is 2.01. The molecule has 1 rings (SSSR count). The molecule has 0 aliphatic heterocycles. The fraction of sp³-hybridized carbons (Fsp3) is 0.250. The third-order valence-electron chi connectivity index (χ3n) is 1.39. The smallest absolute Gasteiger partial charge is 0.416 e. The molecule has 0 aromatic heterocycles. The van der Waals surface area contributed by atoms with E-state index in [1.54, 1.807) is 0 Å². The van der Waals surface area contributed by atoms with Crippen LogP contribution in [0.4, 0.5) is 13.2 Å². The number of halogens is 5. The Labute approximate surface area is 88.4 Å². The summed E-state index contributed by atoms with van der Waals surface area (Å²) in [7, 11) is 0. The van der Waals surface area contributed by atoms with Gasteiger partial charge in [-0.05, 0) is 18.2 Å². The highest BCUT2D eigenvalue weighted by Gasteiger charge is 2.30. The molecule has 0 amide bonds. The van der Waals surface area contributed by atoms with E-state index < -0.39 is 16.8 Å². The Hall–Kier alpha value is -0.610. The first-order valence-electron chi connectivity index (χ1n) is 3.51. The van der Waals surface area contributed by atoms with Crippen molar-refractivity contribution in [3.8, 4) is 5.75 Å². The lowest BCUT2D eigenvalue weighted by Gasteiger charge is -2.10. The molecule has 78 valence electrons. The summed E-state index contributed by atoms with van der Waals surface area (Å²) in [6.07, 6.45) is -4.40. The number of ether oxygens (including phenoxy) is 1. The number of alkyl halides is 5. The molecule has 0 aliphatic rings. The summed E-state index contributed by atoms with van der Waals surface area (Å²) in [5, 5.41) is -1.18. The topological polar surface area (TPSA) is 9.23 Å². The minimum absolute atomic E-state index is 0.0187. The van der Waals surface area contributed by atoms with Crippen molar-refractivity contribution in [3.05, 3.63) is 29.8 Å². The lowest BCUT2D eigenvalue weighted by molar-refractivity contribution is -0.137.